The molecule has 0 aromatic rings. The summed E-state index contributed by atoms with van der Waals surface area (Å²) in [6.45, 7) is 3.97. The molecule has 0 spiro atoms. The highest BCUT2D eigenvalue weighted by molar-refractivity contribution is 5.86. The number of rotatable bonds is 9. The molecule has 0 aliphatic rings. The zero-order chi connectivity index (χ0) is 15.5. The first-order valence-corrected chi connectivity index (χ1v) is 6.03. The first-order valence-electron chi connectivity index (χ1n) is 6.03. The van der Waals surface area contributed by atoms with Crippen molar-refractivity contribution in [1.29, 1.82) is 0 Å². The predicted octanol–water partition coefficient (Wildman–Crippen LogP) is -0.580. The van der Waals surface area contributed by atoms with Crippen LogP contribution >= 0.6 is 0 Å². The summed E-state index contributed by atoms with van der Waals surface area (Å²) in [5.74, 6) is -1.51. The van der Waals surface area contributed by atoms with Crippen LogP contribution in [0.2, 0.25) is 0 Å². The Labute approximate surface area is 117 Å². The number of hydrogen-bond acceptors (Lipinski definition) is 4. The molecule has 0 bridgehead atoms. The molecule has 0 rings (SSSR count). The number of amides is 3. The van der Waals surface area contributed by atoms with Gasteiger partial charge >= 0.3 is 12.0 Å². The molecule has 0 saturated carbocycles. The summed E-state index contributed by atoms with van der Waals surface area (Å²) in [6, 6.07) is -1.69. The molecule has 8 heteroatoms. The maximum atomic E-state index is 11.7. The van der Waals surface area contributed by atoms with Gasteiger partial charge in [0.25, 0.3) is 0 Å². The van der Waals surface area contributed by atoms with Crippen LogP contribution in [-0.2, 0) is 14.3 Å². The largest absolute Gasteiger partial charge is 0.480 e. The molecule has 0 saturated heterocycles. The van der Waals surface area contributed by atoms with Gasteiger partial charge in [0.1, 0.15) is 12.6 Å². The van der Waals surface area contributed by atoms with Crippen molar-refractivity contribution in [2.75, 3.05) is 33.9 Å². The Hall–Kier alpha value is -2.09. The molecule has 0 aromatic carbocycles. The molecule has 0 aromatic heterocycles. The van der Waals surface area contributed by atoms with Gasteiger partial charge in [0.2, 0.25) is 5.91 Å². The molecular weight excluding hydrogens is 266 g/mol. The number of nitrogens with zero attached hydrogens (tertiary/aromatic N) is 1. The summed E-state index contributed by atoms with van der Waals surface area (Å²) in [5, 5.41) is 13.7. The molecule has 0 aliphatic carbocycles. The molecule has 0 heterocycles. The number of urea groups is 1. The lowest BCUT2D eigenvalue weighted by Gasteiger charge is -2.20. The summed E-state index contributed by atoms with van der Waals surface area (Å²) >= 11 is 0. The summed E-state index contributed by atoms with van der Waals surface area (Å²) in [5.41, 5.74) is 0. The number of aliphatic carboxylic acids is 1. The maximum absolute atomic E-state index is 11.7. The van der Waals surface area contributed by atoms with E-state index in [9.17, 15) is 14.4 Å². The fraction of sp³-hybridized carbons (Fsp3) is 0.583. The van der Waals surface area contributed by atoms with Crippen molar-refractivity contribution in [1.82, 2.24) is 15.5 Å². The first kappa shape index (κ1) is 17.9. The molecule has 1 unspecified atom stereocenters. The van der Waals surface area contributed by atoms with Crippen LogP contribution < -0.4 is 10.6 Å². The lowest BCUT2D eigenvalue weighted by atomic mass is 10.2. The van der Waals surface area contributed by atoms with E-state index >= 15 is 0 Å². The minimum absolute atomic E-state index is 0.106. The predicted molar refractivity (Wildman–Crippen MR) is 72.3 cm³/mol. The zero-order valence-corrected chi connectivity index (χ0v) is 11.7. The Morgan fingerprint density at radius 3 is 2.60 bits per heavy atom. The van der Waals surface area contributed by atoms with Crippen LogP contribution in [0.5, 0.6) is 0 Å². The van der Waals surface area contributed by atoms with Crippen molar-refractivity contribution in [3.05, 3.63) is 12.7 Å². The molecule has 0 fully saturated rings. The van der Waals surface area contributed by atoms with Gasteiger partial charge in [0.05, 0.1) is 6.61 Å². The van der Waals surface area contributed by atoms with E-state index in [1.54, 1.807) is 0 Å². The van der Waals surface area contributed by atoms with Gasteiger partial charge < -0.3 is 25.4 Å². The van der Waals surface area contributed by atoms with Crippen molar-refractivity contribution >= 4 is 17.9 Å². The number of carboxylic acids is 1. The van der Waals surface area contributed by atoms with Gasteiger partial charge in [-0.2, -0.15) is 0 Å². The van der Waals surface area contributed by atoms with E-state index in [0.717, 1.165) is 4.90 Å². The summed E-state index contributed by atoms with van der Waals surface area (Å²) < 4.78 is 4.77. The van der Waals surface area contributed by atoms with Gasteiger partial charge in [-0.3, -0.25) is 4.79 Å². The maximum Gasteiger partial charge on any atom is 0.326 e. The van der Waals surface area contributed by atoms with E-state index in [2.05, 4.69) is 17.2 Å². The van der Waals surface area contributed by atoms with Crippen molar-refractivity contribution in [3.8, 4) is 0 Å². The number of carbonyl (C=O) groups excluding carboxylic acids is 2. The highest BCUT2D eigenvalue weighted by atomic mass is 16.5. The van der Waals surface area contributed by atoms with E-state index in [1.165, 1.54) is 20.2 Å². The van der Waals surface area contributed by atoms with Crippen LogP contribution in [0.25, 0.3) is 0 Å². The van der Waals surface area contributed by atoms with Gasteiger partial charge in [0.15, 0.2) is 0 Å². The van der Waals surface area contributed by atoms with Crippen molar-refractivity contribution in [2.45, 2.75) is 12.5 Å². The van der Waals surface area contributed by atoms with Gasteiger partial charge in [-0.15, -0.1) is 6.58 Å². The minimum Gasteiger partial charge on any atom is -0.480 e. The minimum atomic E-state index is -1.16. The van der Waals surface area contributed by atoms with Gasteiger partial charge in [-0.05, 0) is 6.42 Å². The van der Waals surface area contributed by atoms with Gasteiger partial charge in [-0.1, -0.05) is 6.08 Å². The Morgan fingerprint density at radius 1 is 1.45 bits per heavy atom. The second-order valence-corrected chi connectivity index (χ2v) is 4.06. The van der Waals surface area contributed by atoms with E-state index in [-0.39, 0.29) is 18.9 Å². The quantitative estimate of drug-likeness (QED) is 0.388. The van der Waals surface area contributed by atoms with Gasteiger partial charge in [-0.25, -0.2) is 9.59 Å². The van der Waals surface area contributed by atoms with E-state index in [4.69, 9.17) is 9.84 Å². The zero-order valence-electron chi connectivity index (χ0n) is 11.7. The smallest absolute Gasteiger partial charge is 0.326 e. The number of carbonyl (C=O) groups is 3. The summed E-state index contributed by atoms with van der Waals surface area (Å²) in [6.07, 6.45) is 1.51. The summed E-state index contributed by atoms with van der Waals surface area (Å²) in [4.78, 5) is 35.1. The third-order valence-electron chi connectivity index (χ3n) is 2.35. The second-order valence-electron chi connectivity index (χ2n) is 4.06. The van der Waals surface area contributed by atoms with E-state index in [1.807, 2.05) is 0 Å². The normalized spacial score (nSPS) is 11.3. The fourth-order valence-corrected chi connectivity index (χ4v) is 1.28. The topological polar surface area (TPSA) is 108 Å². The van der Waals surface area contributed by atoms with Crippen LogP contribution in [0, 0.1) is 0 Å². The van der Waals surface area contributed by atoms with Crippen LogP contribution in [0.3, 0.4) is 0 Å². The first-order chi connectivity index (χ1) is 9.42. The SMILES string of the molecule is C=CCC(NC(=O)N(C)CC(=O)NCCOC)C(=O)O. The number of carboxylic acid groups (broad SMARTS) is 1. The molecule has 0 aliphatic heterocycles. The molecular formula is C12H21N3O5. The Kier molecular flexibility index (Phi) is 8.77. The number of nitrogens with one attached hydrogen (secondary N) is 2. The van der Waals surface area contributed by atoms with Crippen LogP contribution in [0.15, 0.2) is 12.7 Å². The monoisotopic (exact) mass is 287 g/mol. The van der Waals surface area contributed by atoms with Crippen molar-refractivity contribution in [3.63, 3.8) is 0 Å². The number of methoxy groups -OCH3 is 1. The number of likely N-dealkylation sites (N-methyl/N-ethyl adjacent to an activating group) is 1. The standard InChI is InChI=1S/C12H21N3O5/c1-4-5-9(11(17)18)14-12(19)15(2)8-10(16)13-6-7-20-3/h4,9H,1,5-8H2,2-3H3,(H,13,16)(H,14,19)(H,17,18). The van der Waals surface area contributed by atoms with E-state index in [0.29, 0.717) is 13.2 Å². The molecule has 8 nitrogen and oxygen atoms in total. The third-order valence-corrected chi connectivity index (χ3v) is 2.35. The molecule has 114 valence electrons. The average molecular weight is 287 g/mol. The van der Waals surface area contributed by atoms with Gasteiger partial charge in [0, 0.05) is 20.7 Å². The second kappa shape index (κ2) is 9.79. The fourth-order valence-electron chi connectivity index (χ4n) is 1.28. The van der Waals surface area contributed by atoms with Crippen molar-refractivity contribution in [2.24, 2.45) is 0 Å². The molecule has 3 amide bonds. The number of ether oxygens (including phenoxy) is 1. The Bertz CT molecular complexity index is 359. The lowest BCUT2D eigenvalue weighted by Crippen LogP contribution is -2.49. The molecule has 3 N–H and O–H groups in total. The van der Waals surface area contributed by atoms with E-state index < -0.39 is 18.0 Å². The van der Waals surface area contributed by atoms with Crippen LogP contribution in [-0.4, -0.2) is 67.8 Å². The van der Waals surface area contributed by atoms with Crippen LogP contribution in [0.4, 0.5) is 4.79 Å². The number of hydrogen-bond donors (Lipinski definition) is 3. The average Bonchev–Trinajstić information content (AvgIpc) is 2.38. The third kappa shape index (κ3) is 7.37. The van der Waals surface area contributed by atoms with Crippen LogP contribution in [0.1, 0.15) is 6.42 Å². The Morgan fingerprint density at radius 2 is 2.10 bits per heavy atom. The molecule has 0 radical (unpaired) electrons. The molecule has 20 heavy (non-hydrogen) atoms. The Balaban J connectivity index is 4.22. The lowest BCUT2D eigenvalue weighted by molar-refractivity contribution is -0.139. The highest BCUT2D eigenvalue weighted by Gasteiger charge is 2.21. The highest BCUT2D eigenvalue weighted by Crippen LogP contribution is 1.95. The molecule has 1 atom stereocenters. The summed E-state index contributed by atoms with van der Waals surface area (Å²) in [7, 11) is 2.91. The van der Waals surface area contributed by atoms with Crippen molar-refractivity contribution < 1.29 is 24.2 Å².